The van der Waals surface area contributed by atoms with Crippen LogP contribution in [0.4, 0.5) is 10.6 Å². The van der Waals surface area contributed by atoms with Gasteiger partial charge in [0.25, 0.3) is 0 Å². The minimum Gasteiger partial charge on any atom is -0.490 e. The van der Waals surface area contributed by atoms with E-state index in [1.165, 1.54) is 6.33 Å². The van der Waals surface area contributed by atoms with E-state index in [2.05, 4.69) is 20.4 Å². The summed E-state index contributed by atoms with van der Waals surface area (Å²) in [7, 11) is 0. The first-order valence-corrected chi connectivity index (χ1v) is 11.7. The van der Waals surface area contributed by atoms with Gasteiger partial charge in [-0.15, -0.1) is 0 Å². The van der Waals surface area contributed by atoms with Gasteiger partial charge >= 0.3 is 6.09 Å². The SMILES string of the molecule is CC1(C)/C(=N/OC[C@@H]2CNC(=O)O2)c2cc(O[C@H]3CC[C@H](N)CC3)ccc2-c2ncnc(N)c21. The number of oxime groups is 1. The van der Waals surface area contributed by atoms with Crippen molar-refractivity contribution in [1.82, 2.24) is 15.3 Å². The Labute approximate surface area is 198 Å². The monoisotopic (exact) mass is 466 g/mol. The molecule has 1 saturated heterocycles. The summed E-state index contributed by atoms with van der Waals surface area (Å²) in [5.74, 6) is 1.17. The van der Waals surface area contributed by atoms with Crippen LogP contribution in [-0.4, -0.2) is 53.2 Å². The summed E-state index contributed by atoms with van der Waals surface area (Å²) in [6, 6.07) is 6.19. The molecular weight excluding hydrogens is 436 g/mol. The number of cyclic esters (lactones) is 1. The summed E-state index contributed by atoms with van der Waals surface area (Å²) < 4.78 is 11.5. The molecule has 1 aromatic heterocycles. The van der Waals surface area contributed by atoms with E-state index in [-0.39, 0.29) is 18.8 Å². The third kappa shape index (κ3) is 4.13. The Morgan fingerprint density at radius 3 is 2.74 bits per heavy atom. The minimum atomic E-state index is -0.630. The van der Waals surface area contributed by atoms with Gasteiger partial charge in [-0.3, -0.25) is 0 Å². The number of nitrogens with one attached hydrogen (secondary N) is 1. The van der Waals surface area contributed by atoms with Crippen LogP contribution in [0.5, 0.6) is 5.75 Å². The van der Waals surface area contributed by atoms with Crippen LogP contribution in [-0.2, 0) is 15.0 Å². The molecule has 2 fully saturated rings. The number of nitrogens with zero attached hydrogens (tertiary/aromatic N) is 3. The number of anilines is 1. The summed E-state index contributed by atoms with van der Waals surface area (Å²) in [6.45, 7) is 4.56. The number of rotatable bonds is 5. The number of nitrogens with two attached hydrogens (primary N) is 2. The lowest BCUT2D eigenvalue weighted by Crippen LogP contribution is -2.36. The molecule has 10 nitrogen and oxygen atoms in total. The van der Waals surface area contributed by atoms with E-state index in [1.54, 1.807) is 0 Å². The molecule has 1 atom stereocenters. The van der Waals surface area contributed by atoms with E-state index in [0.29, 0.717) is 18.1 Å². The Balaban J connectivity index is 1.49. The first-order chi connectivity index (χ1) is 16.3. The first kappa shape index (κ1) is 22.4. The highest BCUT2D eigenvalue weighted by Gasteiger charge is 2.41. The molecule has 34 heavy (non-hydrogen) atoms. The molecule has 2 aliphatic carbocycles. The van der Waals surface area contributed by atoms with E-state index in [0.717, 1.165) is 53.8 Å². The molecule has 0 spiro atoms. The van der Waals surface area contributed by atoms with Crippen LogP contribution in [0.15, 0.2) is 29.7 Å². The Morgan fingerprint density at radius 1 is 1.21 bits per heavy atom. The Kier molecular flexibility index (Phi) is 5.76. The molecule has 5 N–H and O–H groups in total. The number of hydrogen-bond donors (Lipinski definition) is 3. The van der Waals surface area contributed by atoms with Crippen LogP contribution in [0.25, 0.3) is 11.3 Å². The summed E-state index contributed by atoms with van der Waals surface area (Å²) >= 11 is 0. The highest BCUT2D eigenvalue weighted by molar-refractivity contribution is 6.15. The average molecular weight is 467 g/mol. The second kappa shape index (κ2) is 8.75. The second-order valence-electron chi connectivity index (χ2n) is 9.61. The van der Waals surface area contributed by atoms with Crippen LogP contribution in [0.3, 0.4) is 0 Å². The molecule has 5 rings (SSSR count). The molecular formula is C24H30N6O4. The maximum atomic E-state index is 11.3. The van der Waals surface area contributed by atoms with Gasteiger partial charge in [0, 0.05) is 28.1 Å². The highest BCUT2D eigenvalue weighted by Crippen LogP contribution is 2.45. The number of alkyl carbamates (subject to hydrolysis) is 1. The van der Waals surface area contributed by atoms with Crippen molar-refractivity contribution in [2.24, 2.45) is 10.9 Å². The Hall–Kier alpha value is -3.40. The normalized spacial score (nSPS) is 26.3. The predicted molar refractivity (Wildman–Crippen MR) is 127 cm³/mol. The van der Waals surface area contributed by atoms with Crippen LogP contribution < -0.4 is 21.5 Å². The predicted octanol–water partition coefficient (Wildman–Crippen LogP) is 2.49. The lowest BCUT2D eigenvalue weighted by molar-refractivity contribution is 0.0487. The zero-order chi connectivity index (χ0) is 23.9. The fourth-order valence-electron chi connectivity index (χ4n) is 4.95. The number of hydrogen-bond acceptors (Lipinski definition) is 9. The molecule has 1 aromatic carbocycles. The number of carbonyl (C=O) groups excluding carboxylic acids is 1. The summed E-state index contributed by atoms with van der Waals surface area (Å²) in [5, 5.41) is 7.13. The molecule has 0 radical (unpaired) electrons. The molecule has 0 bridgehead atoms. The second-order valence-corrected chi connectivity index (χ2v) is 9.61. The fraction of sp³-hybridized carbons (Fsp3) is 0.500. The summed E-state index contributed by atoms with van der Waals surface area (Å²) in [4.78, 5) is 25.8. The average Bonchev–Trinajstić information content (AvgIpc) is 3.22. The van der Waals surface area contributed by atoms with Crippen LogP contribution >= 0.6 is 0 Å². The smallest absolute Gasteiger partial charge is 0.407 e. The lowest BCUT2D eigenvalue weighted by atomic mass is 9.70. The molecule has 0 unspecified atom stereocenters. The largest absolute Gasteiger partial charge is 0.490 e. The van der Waals surface area contributed by atoms with Crippen molar-refractivity contribution >= 4 is 17.6 Å². The minimum absolute atomic E-state index is 0.139. The maximum absolute atomic E-state index is 11.3. The van der Waals surface area contributed by atoms with E-state index in [4.69, 9.17) is 25.8 Å². The van der Waals surface area contributed by atoms with Gasteiger partial charge in [0.1, 0.15) is 17.9 Å². The zero-order valence-corrected chi connectivity index (χ0v) is 19.4. The number of ether oxygens (including phenoxy) is 2. The van der Waals surface area contributed by atoms with Crippen molar-refractivity contribution in [2.45, 2.75) is 63.2 Å². The number of amides is 1. The number of aromatic nitrogens is 2. The van der Waals surface area contributed by atoms with Gasteiger partial charge in [-0.1, -0.05) is 5.16 Å². The van der Waals surface area contributed by atoms with Crippen LogP contribution in [0, 0.1) is 0 Å². The van der Waals surface area contributed by atoms with Crippen molar-refractivity contribution < 1.29 is 19.1 Å². The zero-order valence-electron chi connectivity index (χ0n) is 19.4. The van der Waals surface area contributed by atoms with Gasteiger partial charge in [0.2, 0.25) is 0 Å². The Bertz CT molecular complexity index is 1130. The van der Waals surface area contributed by atoms with Crippen molar-refractivity contribution in [2.75, 3.05) is 18.9 Å². The Morgan fingerprint density at radius 2 is 2.00 bits per heavy atom. The van der Waals surface area contributed by atoms with Gasteiger partial charge in [-0.05, 0) is 57.7 Å². The molecule has 1 amide bonds. The third-order valence-electron chi connectivity index (χ3n) is 6.78. The van der Waals surface area contributed by atoms with E-state index in [9.17, 15) is 4.79 Å². The van der Waals surface area contributed by atoms with Crippen molar-refractivity contribution in [3.05, 3.63) is 35.7 Å². The quantitative estimate of drug-likeness (QED) is 0.570. The number of nitrogen functional groups attached to an aromatic ring is 1. The van der Waals surface area contributed by atoms with Gasteiger partial charge in [-0.2, -0.15) is 0 Å². The van der Waals surface area contributed by atoms with Crippen molar-refractivity contribution in [1.29, 1.82) is 0 Å². The molecule has 1 saturated carbocycles. The summed E-state index contributed by atoms with van der Waals surface area (Å²) in [6.07, 6.45) is 4.58. The molecule has 2 aromatic rings. The van der Waals surface area contributed by atoms with Crippen molar-refractivity contribution in [3.63, 3.8) is 0 Å². The number of benzene rings is 1. The lowest BCUT2D eigenvalue weighted by Gasteiger charge is -2.35. The summed E-state index contributed by atoms with van der Waals surface area (Å²) in [5.41, 5.74) is 15.7. The van der Waals surface area contributed by atoms with Gasteiger partial charge in [0.15, 0.2) is 12.7 Å². The van der Waals surface area contributed by atoms with Crippen LogP contribution in [0.1, 0.15) is 50.7 Å². The number of fused-ring (bicyclic) bond motifs is 3. The topological polar surface area (TPSA) is 147 Å². The molecule has 3 aliphatic rings. The molecule has 180 valence electrons. The number of carbonyl (C=O) groups is 1. The van der Waals surface area contributed by atoms with Crippen LogP contribution in [0.2, 0.25) is 0 Å². The van der Waals surface area contributed by atoms with Crippen molar-refractivity contribution in [3.8, 4) is 17.0 Å². The van der Waals surface area contributed by atoms with Gasteiger partial charge < -0.3 is 31.1 Å². The fourth-order valence-corrected chi connectivity index (χ4v) is 4.95. The third-order valence-corrected chi connectivity index (χ3v) is 6.78. The molecule has 2 heterocycles. The van der Waals surface area contributed by atoms with E-state index < -0.39 is 17.6 Å². The maximum Gasteiger partial charge on any atom is 0.407 e. The van der Waals surface area contributed by atoms with Gasteiger partial charge in [-0.25, -0.2) is 14.8 Å². The van der Waals surface area contributed by atoms with Gasteiger partial charge in [0.05, 0.1) is 24.1 Å². The van der Waals surface area contributed by atoms with E-state index >= 15 is 0 Å². The molecule has 1 aliphatic heterocycles. The van der Waals surface area contributed by atoms with E-state index in [1.807, 2.05) is 32.0 Å². The molecule has 10 heteroatoms. The highest BCUT2D eigenvalue weighted by atomic mass is 16.7. The standard InChI is InChI=1S/C24H30N6O4/c1-24(2)19-20(28-12-29-22(19)26)17-8-7-15(33-14-5-3-13(25)4-6-14)9-18(17)21(24)30-32-11-16-10-27-23(31)34-16/h7-9,12-14,16H,3-6,10-11,25H2,1-2H3,(H,27,31)(H2,26,28,29)/b30-21+/t13-,14-,16-/m0/s1. The first-order valence-electron chi connectivity index (χ1n) is 11.7.